The van der Waals surface area contributed by atoms with Gasteiger partial charge < -0.3 is 0 Å². The van der Waals surface area contributed by atoms with E-state index in [0.717, 1.165) is 8.95 Å². The first-order valence-corrected chi connectivity index (χ1v) is 11.3. The zero-order chi connectivity index (χ0) is 20.8. The van der Waals surface area contributed by atoms with Gasteiger partial charge in [-0.15, -0.1) is 0 Å². The second-order valence-electron chi connectivity index (χ2n) is 7.01. The van der Waals surface area contributed by atoms with Crippen LogP contribution >= 0.6 is 31.9 Å². The van der Waals surface area contributed by atoms with Gasteiger partial charge in [-0.25, -0.2) is 0 Å². The van der Waals surface area contributed by atoms with Crippen molar-refractivity contribution in [1.29, 1.82) is 0 Å². The number of hydrogen-bond donors (Lipinski definition) is 0. The molecule has 2 heteroatoms. The highest BCUT2D eigenvalue weighted by molar-refractivity contribution is 9.10. The summed E-state index contributed by atoms with van der Waals surface area (Å²) in [6.45, 7) is 0. The highest BCUT2D eigenvalue weighted by Gasteiger charge is 1.98. The van der Waals surface area contributed by atoms with Crippen LogP contribution in [0.4, 0.5) is 0 Å². The average molecular weight is 516 g/mol. The summed E-state index contributed by atoms with van der Waals surface area (Å²) in [5, 5.41) is 0. The second kappa shape index (κ2) is 9.88. The van der Waals surface area contributed by atoms with E-state index in [-0.39, 0.29) is 0 Å². The first kappa shape index (κ1) is 20.6. The van der Waals surface area contributed by atoms with Gasteiger partial charge in [0, 0.05) is 8.95 Å². The molecule has 0 bridgehead atoms. The molecule has 0 aliphatic carbocycles. The number of hydrogen-bond acceptors (Lipinski definition) is 0. The molecular weight excluding hydrogens is 496 g/mol. The number of rotatable bonds is 5. The molecule has 4 aromatic rings. The summed E-state index contributed by atoms with van der Waals surface area (Å²) >= 11 is 6.94. The summed E-state index contributed by atoms with van der Waals surface area (Å²) in [5.41, 5.74) is 7.20. The second-order valence-corrected chi connectivity index (χ2v) is 8.85. The van der Waals surface area contributed by atoms with Crippen LogP contribution in [0.15, 0.2) is 106 Å². The molecule has 146 valence electrons. The Balaban J connectivity index is 1.42. The summed E-state index contributed by atoms with van der Waals surface area (Å²) in [4.78, 5) is 0. The first-order valence-electron chi connectivity index (χ1n) is 9.73. The molecule has 0 heterocycles. The maximum atomic E-state index is 3.47. The normalized spacial score (nSPS) is 11.4. The van der Waals surface area contributed by atoms with Crippen LogP contribution in [-0.2, 0) is 0 Å². The molecule has 0 saturated carbocycles. The lowest BCUT2D eigenvalue weighted by Crippen LogP contribution is -1.80. The third-order valence-electron chi connectivity index (χ3n) is 4.83. The Hall–Kier alpha value is -2.68. The van der Waals surface area contributed by atoms with Crippen molar-refractivity contribution in [3.63, 3.8) is 0 Å². The van der Waals surface area contributed by atoms with Crippen molar-refractivity contribution in [2.24, 2.45) is 0 Å². The zero-order valence-electron chi connectivity index (χ0n) is 16.3. The summed E-state index contributed by atoms with van der Waals surface area (Å²) in [6.07, 6.45) is 8.55. The molecule has 4 rings (SSSR count). The molecule has 0 radical (unpaired) electrons. The zero-order valence-corrected chi connectivity index (χ0v) is 19.5. The van der Waals surface area contributed by atoms with Crippen molar-refractivity contribution in [2.75, 3.05) is 0 Å². The molecule has 0 amide bonds. The van der Waals surface area contributed by atoms with Crippen molar-refractivity contribution in [1.82, 2.24) is 0 Å². The van der Waals surface area contributed by atoms with E-state index in [4.69, 9.17) is 0 Å². The molecule has 0 atom stereocenters. The van der Waals surface area contributed by atoms with E-state index in [1.807, 2.05) is 0 Å². The van der Waals surface area contributed by atoms with Gasteiger partial charge in [0.15, 0.2) is 0 Å². The van der Waals surface area contributed by atoms with Gasteiger partial charge in [-0.3, -0.25) is 0 Å². The summed E-state index contributed by atoms with van der Waals surface area (Å²) in [7, 11) is 0. The SMILES string of the molecule is Brc1ccc(C=Cc2ccc(-c3ccc(C=Cc4ccc(Br)cc4)cc3)cc2)cc1. The minimum atomic E-state index is 1.10. The third kappa shape index (κ3) is 5.69. The summed E-state index contributed by atoms with van der Waals surface area (Å²) in [6, 6.07) is 34.0. The van der Waals surface area contributed by atoms with Crippen LogP contribution in [0.3, 0.4) is 0 Å². The Labute approximate surface area is 194 Å². The van der Waals surface area contributed by atoms with Crippen molar-refractivity contribution in [3.8, 4) is 11.1 Å². The predicted octanol–water partition coefficient (Wildman–Crippen LogP) is 9.22. The molecule has 0 aliphatic rings. The fraction of sp³-hybridized carbons (Fsp3) is 0. The van der Waals surface area contributed by atoms with Crippen molar-refractivity contribution in [2.45, 2.75) is 0 Å². The molecule has 0 saturated heterocycles. The van der Waals surface area contributed by atoms with E-state index in [2.05, 4.69) is 153 Å². The van der Waals surface area contributed by atoms with Crippen LogP contribution < -0.4 is 0 Å². The minimum absolute atomic E-state index is 1.10. The van der Waals surface area contributed by atoms with Crippen molar-refractivity contribution < 1.29 is 0 Å². The van der Waals surface area contributed by atoms with Crippen LogP contribution in [0, 0.1) is 0 Å². The largest absolute Gasteiger partial charge is 0.0544 e. The van der Waals surface area contributed by atoms with Gasteiger partial charge in [0.05, 0.1) is 0 Å². The van der Waals surface area contributed by atoms with Crippen LogP contribution in [0.5, 0.6) is 0 Å². The monoisotopic (exact) mass is 514 g/mol. The summed E-state index contributed by atoms with van der Waals surface area (Å²) < 4.78 is 2.19. The third-order valence-corrected chi connectivity index (χ3v) is 5.89. The van der Waals surface area contributed by atoms with E-state index in [1.54, 1.807) is 0 Å². The van der Waals surface area contributed by atoms with Gasteiger partial charge in [0.2, 0.25) is 0 Å². The topological polar surface area (TPSA) is 0 Å². The minimum Gasteiger partial charge on any atom is -0.0544 e. The standard InChI is InChI=1S/C28H20Br2/c29-27-17-9-23(10-18-27)3-1-21-5-13-25(14-6-21)26-15-7-22(8-16-26)2-4-24-11-19-28(30)20-12-24/h1-20H. The quantitative estimate of drug-likeness (QED) is 0.232. The molecular formula is C28H20Br2. The van der Waals surface area contributed by atoms with E-state index in [1.165, 1.54) is 33.4 Å². The number of halogens is 2. The van der Waals surface area contributed by atoms with Crippen LogP contribution in [-0.4, -0.2) is 0 Å². The van der Waals surface area contributed by atoms with Crippen LogP contribution in [0.25, 0.3) is 35.4 Å². The molecule has 4 aromatic carbocycles. The van der Waals surface area contributed by atoms with E-state index < -0.39 is 0 Å². The van der Waals surface area contributed by atoms with Gasteiger partial charge in [0.1, 0.15) is 0 Å². The molecule has 30 heavy (non-hydrogen) atoms. The molecule has 0 aromatic heterocycles. The van der Waals surface area contributed by atoms with Crippen LogP contribution in [0.1, 0.15) is 22.3 Å². The Morgan fingerprint density at radius 3 is 0.833 bits per heavy atom. The maximum Gasteiger partial charge on any atom is 0.0175 e. The van der Waals surface area contributed by atoms with Crippen molar-refractivity contribution >= 4 is 56.2 Å². The predicted molar refractivity (Wildman–Crippen MR) is 138 cm³/mol. The highest BCUT2D eigenvalue weighted by atomic mass is 79.9. The molecule has 0 fully saturated rings. The molecule has 0 aliphatic heterocycles. The van der Waals surface area contributed by atoms with E-state index in [0.29, 0.717) is 0 Å². The average Bonchev–Trinajstić information content (AvgIpc) is 2.79. The maximum absolute atomic E-state index is 3.47. The fourth-order valence-corrected chi connectivity index (χ4v) is 3.63. The van der Waals surface area contributed by atoms with Gasteiger partial charge in [0.25, 0.3) is 0 Å². The molecule has 0 spiro atoms. The summed E-state index contributed by atoms with van der Waals surface area (Å²) in [5.74, 6) is 0. The van der Waals surface area contributed by atoms with E-state index in [9.17, 15) is 0 Å². The Bertz CT molecular complexity index is 1050. The van der Waals surface area contributed by atoms with Gasteiger partial charge in [-0.2, -0.15) is 0 Å². The molecule has 0 unspecified atom stereocenters. The van der Waals surface area contributed by atoms with Gasteiger partial charge >= 0.3 is 0 Å². The molecule has 0 nitrogen and oxygen atoms in total. The van der Waals surface area contributed by atoms with E-state index >= 15 is 0 Å². The van der Waals surface area contributed by atoms with Crippen molar-refractivity contribution in [3.05, 3.63) is 128 Å². The smallest absolute Gasteiger partial charge is 0.0175 e. The highest BCUT2D eigenvalue weighted by Crippen LogP contribution is 2.22. The Kier molecular flexibility index (Phi) is 6.78. The van der Waals surface area contributed by atoms with Gasteiger partial charge in [-0.05, 0) is 57.6 Å². The lowest BCUT2D eigenvalue weighted by Gasteiger charge is -2.04. The first-order chi connectivity index (χ1) is 14.7. The Morgan fingerprint density at radius 1 is 0.333 bits per heavy atom. The van der Waals surface area contributed by atoms with Crippen LogP contribution in [0.2, 0.25) is 0 Å². The molecule has 0 N–H and O–H groups in total. The van der Waals surface area contributed by atoms with Gasteiger partial charge in [-0.1, -0.05) is 129 Å². The number of benzene rings is 4. The Morgan fingerprint density at radius 2 is 0.567 bits per heavy atom. The lowest BCUT2D eigenvalue weighted by atomic mass is 10.0. The fourth-order valence-electron chi connectivity index (χ4n) is 3.11. The lowest BCUT2D eigenvalue weighted by molar-refractivity contribution is 1.58.